The van der Waals surface area contributed by atoms with Gasteiger partial charge in [0, 0.05) is 20.1 Å². The predicted octanol–water partition coefficient (Wildman–Crippen LogP) is 2.50. The van der Waals surface area contributed by atoms with E-state index in [0.717, 1.165) is 6.42 Å². The molecule has 0 saturated carbocycles. The average Bonchev–Trinajstić information content (AvgIpc) is 3.07. The lowest BCUT2D eigenvalue weighted by Gasteiger charge is -2.32. The van der Waals surface area contributed by atoms with Crippen LogP contribution < -0.4 is 0 Å². The smallest absolute Gasteiger partial charge is 0.310 e. The normalized spacial score (nSPS) is 16.0. The van der Waals surface area contributed by atoms with Crippen LogP contribution in [0.5, 0.6) is 0 Å². The number of hydrogen-bond donors (Lipinski definition) is 0. The number of rotatable bonds is 6. The topological polar surface area (TPSA) is 84.7 Å². The largest absolute Gasteiger partial charge is 0.466 e. The second kappa shape index (κ2) is 9.93. The van der Waals surface area contributed by atoms with E-state index in [0.29, 0.717) is 48.8 Å². The summed E-state index contributed by atoms with van der Waals surface area (Å²) >= 11 is 0. The lowest BCUT2D eigenvalue weighted by Crippen LogP contribution is -2.47. The number of esters is 1. The van der Waals surface area contributed by atoms with Crippen molar-refractivity contribution in [1.29, 1.82) is 0 Å². The number of nitrogens with zero attached hydrogens (tertiary/aromatic N) is 4. The highest BCUT2D eigenvalue weighted by atomic mass is 19.1. The summed E-state index contributed by atoms with van der Waals surface area (Å²) in [5.41, 5.74) is 2.19. The molecule has 1 aromatic heterocycles. The molecule has 0 N–H and O–H groups in total. The highest BCUT2D eigenvalue weighted by molar-refractivity contribution is 5.98. The minimum Gasteiger partial charge on any atom is -0.466 e. The summed E-state index contributed by atoms with van der Waals surface area (Å²) < 4.78 is 19.9. The van der Waals surface area contributed by atoms with Gasteiger partial charge in [0.25, 0.3) is 5.91 Å². The van der Waals surface area contributed by atoms with Crippen molar-refractivity contribution in [3.8, 4) is 5.69 Å². The molecule has 0 bridgehead atoms. The van der Waals surface area contributed by atoms with Crippen LogP contribution in [0.2, 0.25) is 0 Å². The van der Waals surface area contributed by atoms with Crippen LogP contribution in [0.15, 0.2) is 24.3 Å². The molecule has 32 heavy (non-hydrogen) atoms. The van der Waals surface area contributed by atoms with Gasteiger partial charge in [0.15, 0.2) is 0 Å². The maximum absolute atomic E-state index is 13.3. The first-order valence-corrected chi connectivity index (χ1v) is 10.7. The van der Waals surface area contributed by atoms with Gasteiger partial charge in [0.1, 0.15) is 5.82 Å². The second-order valence-corrected chi connectivity index (χ2v) is 8.03. The molecule has 2 aromatic rings. The number of benzene rings is 1. The minimum absolute atomic E-state index is 0.102. The van der Waals surface area contributed by atoms with Crippen molar-refractivity contribution in [2.75, 3.05) is 33.3 Å². The molecule has 1 saturated heterocycles. The van der Waals surface area contributed by atoms with E-state index in [9.17, 15) is 18.8 Å². The van der Waals surface area contributed by atoms with E-state index >= 15 is 0 Å². The van der Waals surface area contributed by atoms with Gasteiger partial charge in [-0.1, -0.05) is 0 Å². The summed E-state index contributed by atoms with van der Waals surface area (Å²) in [6.45, 7) is 6.31. The van der Waals surface area contributed by atoms with Crippen LogP contribution in [0, 0.1) is 25.6 Å². The fourth-order valence-corrected chi connectivity index (χ4v) is 4.01. The summed E-state index contributed by atoms with van der Waals surface area (Å²) in [6.07, 6.45) is 1.41. The Morgan fingerprint density at radius 3 is 2.56 bits per heavy atom. The number of carbonyl (C=O) groups is 3. The first-order valence-electron chi connectivity index (χ1n) is 10.7. The summed E-state index contributed by atoms with van der Waals surface area (Å²) in [7, 11) is 1.57. The van der Waals surface area contributed by atoms with E-state index in [4.69, 9.17) is 4.74 Å². The first-order chi connectivity index (χ1) is 15.2. The van der Waals surface area contributed by atoms with E-state index in [1.165, 1.54) is 17.0 Å². The number of aromatic nitrogens is 2. The number of likely N-dealkylation sites (N-methyl/N-ethyl adjacent to an activating group) is 1. The minimum atomic E-state index is -0.354. The van der Waals surface area contributed by atoms with Gasteiger partial charge >= 0.3 is 5.97 Å². The third-order valence-electron chi connectivity index (χ3n) is 5.69. The highest BCUT2D eigenvalue weighted by Gasteiger charge is 2.31. The number of piperidine rings is 1. The van der Waals surface area contributed by atoms with Crippen molar-refractivity contribution in [3.63, 3.8) is 0 Å². The quantitative estimate of drug-likeness (QED) is 0.639. The lowest BCUT2D eigenvalue weighted by atomic mass is 9.98. The molecular formula is C23H29FN4O4. The molecule has 3 rings (SSSR count). The van der Waals surface area contributed by atoms with Crippen molar-refractivity contribution in [2.24, 2.45) is 5.92 Å². The van der Waals surface area contributed by atoms with Gasteiger partial charge in [-0.25, -0.2) is 9.07 Å². The van der Waals surface area contributed by atoms with Crippen molar-refractivity contribution in [3.05, 3.63) is 47.0 Å². The van der Waals surface area contributed by atoms with Gasteiger partial charge in [-0.05, 0) is 57.9 Å². The van der Waals surface area contributed by atoms with E-state index in [1.807, 2.05) is 0 Å². The van der Waals surface area contributed by atoms with Crippen LogP contribution in [0.1, 0.15) is 41.5 Å². The summed E-state index contributed by atoms with van der Waals surface area (Å²) in [4.78, 5) is 41.0. The second-order valence-electron chi connectivity index (χ2n) is 8.03. The molecule has 0 spiro atoms. The molecule has 1 unspecified atom stereocenters. The van der Waals surface area contributed by atoms with E-state index in [2.05, 4.69) is 5.10 Å². The Bertz CT molecular complexity index is 1000. The standard InChI is InChI=1S/C23H29FN4O4/c1-5-32-23(31)17-7-6-12-27(13-17)20(29)14-26(4)22(30)21-15(2)25-28(16(21)3)19-10-8-18(24)9-11-19/h8-11,17H,5-7,12-14H2,1-4H3. The lowest BCUT2D eigenvalue weighted by molar-refractivity contribution is -0.151. The molecule has 1 aromatic carbocycles. The summed E-state index contributed by atoms with van der Waals surface area (Å²) in [5, 5.41) is 4.43. The molecule has 9 heteroatoms. The Morgan fingerprint density at radius 1 is 1.22 bits per heavy atom. The fourth-order valence-electron chi connectivity index (χ4n) is 4.01. The van der Waals surface area contributed by atoms with Gasteiger partial charge in [-0.3, -0.25) is 14.4 Å². The van der Waals surface area contributed by atoms with Gasteiger partial charge < -0.3 is 14.5 Å². The van der Waals surface area contributed by atoms with E-state index in [1.54, 1.807) is 49.5 Å². The molecule has 2 amide bonds. The maximum atomic E-state index is 13.3. The fraction of sp³-hybridized carbons (Fsp3) is 0.478. The molecule has 1 aliphatic rings. The molecule has 0 radical (unpaired) electrons. The molecule has 1 fully saturated rings. The number of amides is 2. The number of ether oxygens (including phenoxy) is 1. The average molecular weight is 445 g/mol. The van der Waals surface area contributed by atoms with E-state index in [-0.39, 0.29) is 36.1 Å². The van der Waals surface area contributed by atoms with Crippen LogP contribution in [0.25, 0.3) is 5.69 Å². The Labute approximate surface area is 186 Å². The maximum Gasteiger partial charge on any atom is 0.310 e. The summed E-state index contributed by atoms with van der Waals surface area (Å²) in [6, 6.07) is 5.85. The van der Waals surface area contributed by atoms with Crippen LogP contribution in [-0.2, 0) is 14.3 Å². The third-order valence-corrected chi connectivity index (χ3v) is 5.69. The predicted molar refractivity (Wildman–Crippen MR) is 116 cm³/mol. The molecular weight excluding hydrogens is 415 g/mol. The van der Waals surface area contributed by atoms with Gasteiger partial charge in [0.2, 0.25) is 5.91 Å². The van der Waals surface area contributed by atoms with Crippen molar-refractivity contribution in [1.82, 2.24) is 19.6 Å². The van der Waals surface area contributed by atoms with Gasteiger partial charge in [0.05, 0.1) is 41.7 Å². The van der Waals surface area contributed by atoms with Crippen LogP contribution >= 0.6 is 0 Å². The Kier molecular flexibility index (Phi) is 7.27. The third kappa shape index (κ3) is 4.98. The van der Waals surface area contributed by atoms with Crippen LogP contribution in [0.3, 0.4) is 0 Å². The number of aryl methyl sites for hydroxylation is 1. The summed E-state index contributed by atoms with van der Waals surface area (Å²) in [5.74, 6) is -1.49. The number of likely N-dealkylation sites (tertiary alicyclic amines) is 1. The zero-order chi connectivity index (χ0) is 23.4. The molecule has 172 valence electrons. The molecule has 2 heterocycles. The molecule has 1 atom stereocenters. The highest BCUT2D eigenvalue weighted by Crippen LogP contribution is 2.21. The number of carbonyl (C=O) groups excluding carboxylic acids is 3. The zero-order valence-corrected chi connectivity index (χ0v) is 18.9. The molecule has 1 aliphatic heterocycles. The Balaban J connectivity index is 1.70. The Hall–Kier alpha value is -3.23. The SMILES string of the molecule is CCOC(=O)C1CCCN(C(=O)CN(C)C(=O)c2c(C)nn(-c3ccc(F)cc3)c2C)C1. The van der Waals surface area contributed by atoms with Crippen LogP contribution in [-0.4, -0.2) is 70.7 Å². The molecule has 0 aliphatic carbocycles. The first kappa shape index (κ1) is 23.4. The van der Waals surface area contributed by atoms with Crippen molar-refractivity contribution in [2.45, 2.75) is 33.6 Å². The van der Waals surface area contributed by atoms with E-state index < -0.39 is 0 Å². The Morgan fingerprint density at radius 2 is 1.91 bits per heavy atom. The number of hydrogen-bond acceptors (Lipinski definition) is 5. The number of halogens is 1. The van der Waals surface area contributed by atoms with Crippen LogP contribution in [0.4, 0.5) is 4.39 Å². The van der Waals surface area contributed by atoms with Gasteiger partial charge in [-0.2, -0.15) is 5.10 Å². The molecule has 8 nitrogen and oxygen atoms in total. The van der Waals surface area contributed by atoms with Gasteiger partial charge in [-0.15, -0.1) is 0 Å². The van der Waals surface area contributed by atoms with Crippen molar-refractivity contribution < 1.29 is 23.5 Å². The van der Waals surface area contributed by atoms with Crippen molar-refractivity contribution >= 4 is 17.8 Å². The monoisotopic (exact) mass is 444 g/mol. The zero-order valence-electron chi connectivity index (χ0n) is 18.9.